The Hall–Kier alpha value is -0.450. The summed E-state index contributed by atoms with van der Waals surface area (Å²) in [7, 11) is 3.86. The maximum atomic E-state index is 5.75. The van der Waals surface area contributed by atoms with Crippen molar-refractivity contribution in [2.24, 2.45) is 0 Å². The van der Waals surface area contributed by atoms with Crippen molar-refractivity contribution in [1.82, 2.24) is 10.3 Å². The highest BCUT2D eigenvalue weighted by atomic mass is 32.1. The second-order valence-electron chi connectivity index (χ2n) is 4.92. The number of nitrogens with zero attached hydrogens (tertiary/aromatic N) is 1. The summed E-state index contributed by atoms with van der Waals surface area (Å²) in [6.07, 6.45) is 4.59. The normalized spacial score (nSPS) is 20.0. The van der Waals surface area contributed by atoms with Gasteiger partial charge in [0.2, 0.25) is 0 Å². The minimum Gasteiger partial charge on any atom is -0.377 e. The van der Waals surface area contributed by atoms with E-state index in [1.54, 1.807) is 0 Å². The first-order valence-corrected chi connectivity index (χ1v) is 7.08. The van der Waals surface area contributed by atoms with Gasteiger partial charge in [0.15, 0.2) is 0 Å². The summed E-state index contributed by atoms with van der Waals surface area (Å²) in [5, 5.41) is 4.64. The molecule has 0 spiro atoms. The van der Waals surface area contributed by atoms with Gasteiger partial charge < -0.3 is 10.1 Å². The molecular weight excluding hydrogens is 232 g/mol. The molecular formula is C13H22N2OS. The Morgan fingerprint density at radius 2 is 2.18 bits per heavy atom. The van der Waals surface area contributed by atoms with Crippen molar-refractivity contribution < 1.29 is 4.74 Å². The maximum Gasteiger partial charge on any atom is 0.0947 e. The number of aryl methyl sites for hydroxylation is 2. The van der Waals surface area contributed by atoms with Gasteiger partial charge in [-0.05, 0) is 40.2 Å². The molecule has 0 bridgehead atoms. The van der Waals surface area contributed by atoms with Crippen molar-refractivity contribution in [1.29, 1.82) is 0 Å². The molecule has 1 aliphatic rings. The second kappa shape index (κ2) is 5.04. The molecule has 0 amide bonds. The van der Waals surface area contributed by atoms with Gasteiger partial charge in [0.05, 0.1) is 16.3 Å². The molecule has 1 saturated carbocycles. The lowest BCUT2D eigenvalue weighted by atomic mass is 9.73. The van der Waals surface area contributed by atoms with E-state index in [4.69, 9.17) is 4.74 Å². The van der Waals surface area contributed by atoms with E-state index >= 15 is 0 Å². The highest BCUT2D eigenvalue weighted by molar-refractivity contribution is 7.11. The molecule has 1 fully saturated rings. The zero-order valence-corrected chi connectivity index (χ0v) is 12.0. The summed E-state index contributed by atoms with van der Waals surface area (Å²) in [5.41, 5.74) is 1.21. The Kier molecular flexibility index (Phi) is 3.85. The summed E-state index contributed by atoms with van der Waals surface area (Å²) in [6.45, 7) is 4.22. The van der Waals surface area contributed by atoms with E-state index in [2.05, 4.69) is 24.1 Å². The zero-order chi connectivity index (χ0) is 12.5. The molecule has 1 atom stereocenters. The van der Waals surface area contributed by atoms with Crippen molar-refractivity contribution in [3.63, 3.8) is 0 Å². The molecule has 96 valence electrons. The Morgan fingerprint density at radius 3 is 2.53 bits per heavy atom. The average molecular weight is 254 g/mol. The van der Waals surface area contributed by atoms with Gasteiger partial charge in [-0.1, -0.05) is 0 Å². The predicted molar refractivity (Wildman–Crippen MR) is 71.7 cm³/mol. The number of methoxy groups -OCH3 is 1. The molecule has 3 nitrogen and oxygen atoms in total. The van der Waals surface area contributed by atoms with E-state index < -0.39 is 0 Å². The van der Waals surface area contributed by atoms with Crippen LogP contribution in [0.1, 0.15) is 34.8 Å². The highest BCUT2D eigenvalue weighted by Gasteiger charge is 2.44. The zero-order valence-electron chi connectivity index (χ0n) is 11.2. The molecule has 1 heterocycles. The number of hydrogen-bond acceptors (Lipinski definition) is 4. The standard InChI is InChI=1S/C13H22N2OS/c1-9-10(2)17-12(15-9)8-11(14-3)13(16-4)6-5-7-13/h11,14H,5-8H2,1-4H3. The first kappa shape index (κ1) is 13.0. The Bertz CT molecular complexity index is 360. The van der Waals surface area contributed by atoms with Crippen LogP contribution in [-0.4, -0.2) is 30.8 Å². The third kappa shape index (κ3) is 2.39. The van der Waals surface area contributed by atoms with E-state index in [-0.39, 0.29) is 5.60 Å². The van der Waals surface area contributed by atoms with Crippen LogP contribution in [0.2, 0.25) is 0 Å². The highest BCUT2D eigenvalue weighted by Crippen LogP contribution is 2.39. The van der Waals surface area contributed by atoms with Gasteiger partial charge in [-0.25, -0.2) is 4.98 Å². The fourth-order valence-electron chi connectivity index (χ4n) is 2.57. The van der Waals surface area contributed by atoms with Crippen LogP contribution in [0.15, 0.2) is 0 Å². The molecule has 0 aliphatic heterocycles. The number of hydrogen-bond donors (Lipinski definition) is 1. The Labute approximate surface area is 108 Å². The molecule has 4 heteroatoms. The van der Waals surface area contributed by atoms with Crippen molar-refractivity contribution in [3.8, 4) is 0 Å². The van der Waals surface area contributed by atoms with Crippen molar-refractivity contribution >= 4 is 11.3 Å². The van der Waals surface area contributed by atoms with Crippen molar-refractivity contribution in [2.75, 3.05) is 14.2 Å². The molecule has 2 rings (SSSR count). The molecule has 1 unspecified atom stereocenters. The quantitative estimate of drug-likeness (QED) is 0.876. The van der Waals surface area contributed by atoms with Crippen molar-refractivity contribution in [3.05, 3.63) is 15.6 Å². The van der Waals surface area contributed by atoms with E-state index in [9.17, 15) is 0 Å². The minimum absolute atomic E-state index is 0.0439. The number of aromatic nitrogens is 1. The number of ether oxygens (including phenoxy) is 1. The largest absolute Gasteiger partial charge is 0.377 e. The Balaban J connectivity index is 2.09. The summed E-state index contributed by atoms with van der Waals surface area (Å²) >= 11 is 1.81. The summed E-state index contributed by atoms with van der Waals surface area (Å²) in [4.78, 5) is 5.96. The number of rotatable bonds is 5. The van der Waals surface area contributed by atoms with E-state index in [0.717, 1.165) is 6.42 Å². The lowest BCUT2D eigenvalue weighted by Gasteiger charge is -2.46. The fraction of sp³-hybridized carbons (Fsp3) is 0.769. The van der Waals surface area contributed by atoms with E-state index in [0.29, 0.717) is 6.04 Å². The van der Waals surface area contributed by atoms with E-state index in [1.807, 2.05) is 25.5 Å². The first-order valence-electron chi connectivity index (χ1n) is 6.26. The van der Waals surface area contributed by atoms with E-state index in [1.165, 1.54) is 34.8 Å². The lowest BCUT2D eigenvalue weighted by Crippen LogP contribution is -2.56. The van der Waals surface area contributed by atoms with Crippen LogP contribution >= 0.6 is 11.3 Å². The van der Waals surface area contributed by atoms with Gasteiger partial charge in [0.25, 0.3) is 0 Å². The predicted octanol–water partition coefficient (Wildman–Crippen LogP) is 2.46. The SMILES string of the molecule is CNC(Cc1nc(C)c(C)s1)C1(OC)CCC1. The summed E-state index contributed by atoms with van der Waals surface area (Å²) in [5.74, 6) is 0. The topological polar surface area (TPSA) is 34.2 Å². The van der Waals surface area contributed by atoms with Crippen molar-refractivity contribution in [2.45, 2.75) is 51.2 Å². The van der Waals surface area contributed by atoms with Crippen LogP contribution in [0.4, 0.5) is 0 Å². The smallest absolute Gasteiger partial charge is 0.0947 e. The Morgan fingerprint density at radius 1 is 1.47 bits per heavy atom. The molecule has 1 aromatic heterocycles. The van der Waals surface area contributed by atoms with Crippen LogP contribution in [-0.2, 0) is 11.2 Å². The molecule has 0 aromatic carbocycles. The van der Waals surface area contributed by atoms with Gasteiger partial charge in [-0.3, -0.25) is 0 Å². The molecule has 1 aliphatic carbocycles. The minimum atomic E-state index is 0.0439. The van der Waals surface area contributed by atoms with Gasteiger partial charge in [-0.15, -0.1) is 11.3 Å². The summed E-state index contributed by atoms with van der Waals surface area (Å²) in [6, 6.07) is 0.381. The van der Waals surface area contributed by atoms with Crippen LogP contribution in [0.25, 0.3) is 0 Å². The van der Waals surface area contributed by atoms with Gasteiger partial charge in [0, 0.05) is 24.4 Å². The monoisotopic (exact) mass is 254 g/mol. The van der Waals surface area contributed by atoms with Crippen LogP contribution < -0.4 is 5.32 Å². The number of nitrogens with one attached hydrogen (secondary N) is 1. The number of likely N-dealkylation sites (N-methyl/N-ethyl adjacent to an activating group) is 1. The van der Waals surface area contributed by atoms with Gasteiger partial charge >= 0.3 is 0 Å². The average Bonchev–Trinajstić information content (AvgIpc) is 2.56. The van der Waals surface area contributed by atoms with Crippen LogP contribution in [0.5, 0.6) is 0 Å². The van der Waals surface area contributed by atoms with Crippen LogP contribution in [0, 0.1) is 13.8 Å². The maximum absolute atomic E-state index is 5.75. The molecule has 1 N–H and O–H groups in total. The molecule has 0 radical (unpaired) electrons. The first-order chi connectivity index (χ1) is 8.11. The third-order valence-corrected chi connectivity index (χ3v) is 5.14. The van der Waals surface area contributed by atoms with Gasteiger partial charge in [-0.2, -0.15) is 0 Å². The number of thiazole rings is 1. The third-order valence-electron chi connectivity index (χ3n) is 4.04. The molecule has 1 aromatic rings. The fourth-order valence-corrected chi connectivity index (χ4v) is 3.55. The van der Waals surface area contributed by atoms with Crippen LogP contribution in [0.3, 0.4) is 0 Å². The molecule has 17 heavy (non-hydrogen) atoms. The summed E-state index contributed by atoms with van der Waals surface area (Å²) < 4.78 is 5.75. The lowest BCUT2D eigenvalue weighted by molar-refractivity contribution is -0.0966. The molecule has 0 saturated heterocycles. The van der Waals surface area contributed by atoms with Gasteiger partial charge in [0.1, 0.15) is 0 Å². The second-order valence-corrected chi connectivity index (χ2v) is 6.20.